The second kappa shape index (κ2) is 8.26. The van der Waals surface area contributed by atoms with Crippen LogP contribution < -0.4 is 10.2 Å². The highest BCUT2D eigenvalue weighted by Gasteiger charge is 2.08. The van der Waals surface area contributed by atoms with Crippen LogP contribution in [-0.4, -0.2) is 18.7 Å². The third kappa shape index (κ3) is 5.48. The molecule has 0 aliphatic rings. The van der Waals surface area contributed by atoms with E-state index in [1.54, 1.807) is 6.21 Å². The van der Waals surface area contributed by atoms with Crippen LogP contribution in [0, 0.1) is 13.8 Å². The van der Waals surface area contributed by atoms with Crippen LogP contribution in [-0.2, 0) is 4.79 Å². The molecule has 0 saturated heterocycles. The first kappa shape index (κ1) is 17.7. The Hall–Kier alpha value is -1.66. The van der Waals surface area contributed by atoms with Crippen molar-refractivity contribution in [3.8, 4) is 5.75 Å². The number of hydrazone groups is 1. The number of nitrogens with zero attached hydrogens (tertiary/aromatic N) is 1. The summed E-state index contributed by atoms with van der Waals surface area (Å²) in [5, 5.41) is 3.92. The molecule has 0 unspecified atom stereocenters. The van der Waals surface area contributed by atoms with Crippen LogP contribution in [0.15, 0.2) is 50.4 Å². The molecular weight excluding hydrogens is 424 g/mol. The average molecular weight is 440 g/mol. The average Bonchev–Trinajstić information content (AvgIpc) is 2.48. The predicted octanol–water partition coefficient (Wildman–Crippen LogP) is 4.36. The summed E-state index contributed by atoms with van der Waals surface area (Å²) >= 11 is 6.79. The van der Waals surface area contributed by atoms with Gasteiger partial charge in [-0.1, -0.05) is 44.0 Å². The topological polar surface area (TPSA) is 50.7 Å². The lowest BCUT2D eigenvalue weighted by Gasteiger charge is -2.11. The van der Waals surface area contributed by atoms with Gasteiger partial charge in [0.25, 0.3) is 5.91 Å². The van der Waals surface area contributed by atoms with E-state index >= 15 is 0 Å². The summed E-state index contributed by atoms with van der Waals surface area (Å²) in [5.41, 5.74) is 5.30. The molecular formula is C17H16Br2N2O2. The molecule has 0 aromatic heterocycles. The Labute approximate surface area is 152 Å². The Bertz CT molecular complexity index is 705. The Balaban J connectivity index is 1.87. The molecule has 2 aromatic rings. The van der Waals surface area contributed by atoms with E-state index in [0.717, 1.165) is 31.4 Å². The number of benzene rings is 2. The summed E-state index contributed by atoms with van der Waals surface area (Å²) in [4.78, 5) is 11.8. The van der Waals surface area contributed by atoms with Crippen molar-refractivity contribution in [3.05, 3.63) is 62.0 Å². The lowest BCUT2D eigenvalue weighted by Crippen LogP contribution is -2.25. The maximum Gasteiger partial charge on any atom is 0.277 e. The van der Waals surface area contributed by atoms with Gasteiger partial charge in [0.2, 0.25) is 0 Å². The van der Waals surface area contributed by atoms with E-state index in [2.05, 4.69) is 42.4 Å². The molecule has 0 aliphatic carbocycles. The lowest BCUT2D eigenvalue weighted by molar-refractivity contribution is -0.123. The maximum absolute atomic E-state index is 11.8. The molecule has 23 heavy (non-hydrogen) atoms. The molecule has 0 spiro atoms. The fourth-order valence-electron chi connectivity index (χ4n) is 2.02. The Kier molecular flexibility index (Phi) is 6.36. The molecule has 0 radical (unpaired) electrons. The third-order valence-corrected chi connectivity index (χ3v) is 4.03. The number of aryl methyl sites for hydroxylation is 2. The van der Waals surface area contributed by atoms with Crippen molar-refractivity contribution in [2.75, 3.05) is 6.61 Å². The minimum atomic E-state index is -0.305. The zero-order valence-electron chi connectivity index (χ0n) is 12.8. The van der Waals surface area contributed by atoms with Crippen LogP contribution in [0.1, 0.15) is 16.7 Å². The van der Waals surface area contributed by atoms with E-state index < -0.39 is 0 Å². The van der Waals surface area contributed by atoms with Gasteiger partial charge in [-0.25, -0.2) is 5.43 Å². The minimum absolute atomic E-state index is 0.0824. The summed E-state index contributed by atoms with van der Waals surface area (Å²) < 4.78 is 7.57. The molecule has 0 atom stereocenters. The van der Waals surface area contributed by atoms with Crippen molar-refractivity contribution in [1.82, 2.24) is 5.43 Å². The highest BCUT2D eigenvalue weighted by molar-refractivity contribution is 9.10. The highest BCUT2D eigenvalue weighted by atomic mass is 79.9. The van der Waals surface area contributed by atoms with Gasteiger partial charge in [0, 0.05) is 8.95 Å². The summed E-state index contributed by atoms with van der Waals surface area (Å²) in [7, 11) is 0. The molecule has 0 heterocycles. The van der Waals surface area contributed by atoms with E-state index in [1.807, 2.05) is 50.2 Å². The molecule has 1 N–H and O–H groups in total. The Morgan fingerprint density at radius 1 is 1.13 bits per heavy atom. The molecule has 120 valence electrons. The second-order valence-corrected chi connectivity index (χ2v) is 6.83. The quantitative estimate of drug-likeness (QED) is 0.555. The van der Waals surface area contributed by atoms with Crippen molar-refractivity contribution in [2.45, 2.75) is 13.8 Å². The van der Waals surface area contributed by atoms with Crippen molar-refractivity contribution in [1.29, 1.82) is 0 Å². The zero-order valence-corrected chi connectivity index (χ0v) is 15.9. The van der Waals surface area contributed by atoms with E-state index in [9.17, 15) is 4.79 Å². The van der Waals surface area contributed by atoms with Gasteiger partial charge in [0.15, 0.2) is 6.61 Å². The Morgan fingerprint density at radius 2 is 1.74 bits per heavy atom. The van der Waals surface area contributed by atoms with Crippen LogP contribution in [0.2, 0.25) is 0 Å². The third-order valence-electron chi connectivity index (χ3n) is 3.05. The van der Waals surface area contributed by atoms with Gasteiger partial charge in [-0.2, -0.15) is 5.10 Å². The molecule has 0 saturated carbocycles. The van der Waals surface area contributed by atoms with Gasteiger partial charge in [-0.05, 0) is 54.8 Å². The van der Waals surface area contributed by atoms with Gasteiger partial charge in [-0.15, -0.1) is 0 Å². The van der Waals surface area contributed by atoms with Crippen molar-refractivity contribution in [2.24, 2.45) is 5.10 Å². The van der Waals surface area contributed by atoms with Crippen LogP contribution in [0.3, 0.4) is 0 Å². The van der Waals surface area contributed by atoms with E-state index in [4.69, 9.17) is 4.74 Å². The van der Waals surface area contributed by atoms with Gasteiger partial charge in [0.1, 0.15) is 5.75 Å². The van der Waals surface area contributed by atoms with Crippen LogP contribution in [0.25, 0.3) is 0 Å². The van der Waals surface area contributed by atoms with Crippen molar-refractivity contribution >= 4 is 44.0 Å². The highest BCUT2D eigenvalue weighted by Crippen LogP contribution is 2.27. The number of ether oxygens (including phenoxy) is 1. The number of hydrogen-bond acceptors (Lipinski definition) is 3. The smallest absolute Gasteiger partial charge is 0.277 e. The number of nitrogens with one attached hydrogen (secondary N) is 1. The molecule has 0 bridgehead atoms. The van der Waals surface area contributed by atoms with Crippen LogP contribution in [0.5, 0.6) is 5.75 Å². The SMILES string of the molecule is Cc1cc(Br)cc(C)c1OCC(=O)N/N=C/c1ccc(Br)cc1. The molecule has 1 amide bonds. The van der Waals surface area contributed by atoms with Crippen molar-refractivity contribution < 1.29 is 9.53 Å². The van der Waals surface area contributed by atoms with E-state index in [-0.39, 0.29) is 12.5 Å². The predicted molar refractivity (Wildman–Crippen MR) is 99.0 cm³/mol. The molecule has 2 aromatic carbocycles. The molecule has 4 nitrogen and oxygen atoms in total. The summed E-state index contributed by atoms with van der Waals surface area (Å²) in [6, 6.07) is 11.5. The van der Waals surface area contributed by atoms with Gasteiger partial charge >= 0.3 is 0 Å². The van der Waals surface area contributed by atoms with E-state index in [1.165, 1.54) is 0 Å². The summed E-state index contributed by atoms with van der Waals surface area (Å²) in [5.74, 6) is 0.417. The second-order valence-electron chi connectivity index (χ2n) is 5.00. The molecule has 6 heteroatoms. The Morgan fingerprint density at radius 3 is 2.35 bits per heavy atom. The zero-order chi connectivity index (χ0) is 16.8. The van der Waals surface area contributed by atoms with Crippen molar-refractivity contribution in [3.63, 3.8) is 0 Å². The first-order valence-electron chi connectivity index (χ1n) is 6.92. The number of amides is 1. The summed E-state index contributed by atoms with van der Waals surface area (Å²) in [6.07, 6.45) is 1.58. The van der Waals surface area contributed by atoms with Crippen LogP contribution >= 0.6 is 31.9 Å². The molecule has 0 aliphatic heterocycles. The number of carbonyl (C=O) groups is 1. The maximum atomic E-state index is 11.8. The molecule has 2 rings (SSSR count). The minimum Gasteiger partial charge on any atom is -0.483 e. The summed E-state index contributed by atoms with van der Waals surface area (Å²) in [6.45, 7) is 3.80. The molecule has 0 fully saturated rings. The van der Waals surface area contributed by atoms with Gasteiger partial charge < -0.3 is 4.74 Å². The number of rotatable bonds is 5. The lowest BCUT2D eigenvalue weighted by atomic mass is 10.1. The monoisotopic (exact) mass is 438 g/mol. The van der Waals surface area contributed by atoms with E-state index in [0.29, 0.717) is 0 Å². The first-order chi connectivity index (χ1) is 11.0. The fourth-order valence-corrected chi connectivity index (χ4v) is 2.97. The normalized spacial score (nSPS) is 10.8. The van der Waals surface area contributed by atoms with Crippen LogP contribution in [0.4, 0.5) is 0 Å². The number of carbonyl (C=O) groups excluding carboxylic acids is 1. The fraction of sp³-hybridized carbons (Fsp3) is 0.176. The number of hydrogen-bond donors (Lipinski definition) is 1. The number of halogens is 2. The van der Waals surface area contributed by atoms with Gasteiger partial charge in [0.05, 0.1) is 6.21 Å². The first-order valence-corrected chi connectivity index (χ1v) is 8.51. The largest absolute Gasteiger partial charge is 0.483 e. The standard InChI is InChI=1S/C17H16Br2N2O2/c1-11-7-15(19)8-12(2)17(11)23-10-16(22)21-20-9-13-3-5-14(18)6-4-13/h3-9H,10H2,1-2H3,(H,21,22)/b20-9+. The van der Waals surface area contributed by atoms with Gasteiger partial charge in [-0.3, -0.25) is 4.79 Å².